The monoisotopic (exact) mass is 289 g/mol. The van der Waals surface area contributed by atoms with E-state index in [2.05, 4.69) is 19.2 Å². The Balaban J connectivity index is 2.55. The van der Waals surface area contributed by atoms with Crippen molar-refractivity contribution in [3.05, 3.63) is 33.8 Å². The van der Waals surface area contributed by atoms with E-state index in [0.717, 1.165) is 35.2 Å². The second-order valence-corrected chi connectivity index (χ2v) is 5.43. The van der Waals surface area contributed by atoms with E-state index >= 15 is 0 Å². The van der Waals surface area contributed by atoms with Gasteiger partial charge in [-0.05, 0) is 37.0 Å². The summed E-state index contributed by atoms with van der Waals surface area (Å²) >= 11 is 12.4. The molecule has 0 amide bonds. The summed E-state index contributed by atoms with van der Waals surface area (Å²) in [5, 5.41) is 4.93. The van der Waals surface area contributed by atoms with Gasteiger partial charge in [-0.15, -0.1) is 0 Å². The number of hydrogen-bond donors (Lipinski definition) is 1. The van der Waals surface area contributed by atoms with Crippen LogP contribution in [0.5, 0.6) is 0 Å². The van der Waals surface area contributed by atoms with Crippen molar-refractivity contribution in [3.8, 4) is 0 Å². The van der Waals surface area contributed by atoms with Gasteiger partial charge in [0.05, 0.1) is 6.61 Å². The minimum Gasteiger partial charge on any atom is -0.383 e. The Morgan fingerprint density at radius 3 is 2.39 bits per heavy atom. The van der Waals surface area contributed by atoms with Gasteiger partial charge in [-0.25, -0.2) is 0 Å². The summed E-state index contributed by atoms with van der Waals surface area (Å²) in [6.07, 6.45) is 0.875. The summed E-state index contributed by atoms with van der Waals surface area (Å²) < 4.78 is 5.02. The topological polar surface area (TPSA) is 21.3 Å². The highest BCUT2D eigenvalue weighted by Crippen LogP contribution is 2.27. The predicted octanol–water partition coefficient (Wildman–Crippen LogP) is 3.80. The summed E-state index contributed by atoms with van der Waals surface area (Å²) in [4.78, 5) is 0. The molecule has 2 atom stereocenters. The molecule has 0 fully saturated rings. The summed E-state index contributed by atoms with van der Waals surface area (Å²) in [5.41, 5.74) is 1.04. The molecule has 0 aromatic heterocycles. The number of halogens is 2. The summed E-state index contributed by atoms with van der Waals surface area (Å²) in [6, 6.07) is 6.04. The highest BCUT2D eigenvalue weighted by molar-refractivity contribution is 6.35. The minimum atomic E-state index is 0.396. The number of benzene rings is 1. The molecule has 1 aromatic carbocycles. The average molecular weight is 290 g/mol. The lowest BCUT2D eigenvalue weighted by Gasteiger charge is -2.22. The van der Waals surface area contributed by atoms with Crippen molar-refractivity contribution in [3.63, 3.8) is 0 Å². The van der Waals surface area contributed by atoms with E-state index in [1.807, 2.05) is 18.2 Å². The van der Waals surface area contributed by atoms with Crippen LogP contribution < -0.4 is 5.32 Å². The highest BCUT2D eigenvalue weighted by Gasteiger charge is 2.15. The SMILES string of the molecule is COCCNC(C)C(C)Cc1c(Cl)cccc1Cl. The van der Waals surface area contributed by atoms with E-state index in [-0.39, 0.29) is 0 Å². The molecule has 0 aliphatic carbocycles. The maximum absolute atomic E-state index is 6.18. The van der Waals surface area contributed by atoms with Crippen molar-refractivity contribution in [1.29, 1.82) is 0 Å². The van der Waals surface area contributed by atoms with Gasteiger partial charge in [-0.2, -0.15) is 0 Å². The molecule has 18 heavy (non-hydrogen) atoms. The molecule has 0 saturated carbocycles. The summed E-state index contributed by atoms with van der Waals surface area (Å²) in [6.45, 7) is 5.96. The van der Waals surface area contributed by atoms with E-state index in [9.17, 15) is 0 Å². The molecule has 2 unspecified atom stereocenters. The molecule has 102 valence electrons. The first-order valence-electron chi connectivity index (χ1n) is 6.21. The van der Waals surface area contributed by atoms with Crippen LogP contribution in [0.25, 0.3) is 0 Å². The molecule has 0 saturated heterocycles. The molecule has 0 heterocycles. The zero-order valence-corrected chi connectivity index (χ0v) is 12.7. The van der Waals surface area contributed by atoms with Crippen LogP contribution >= 0.6 is 23.2 Å². The quantitative estimate of drug-likeness (QED) is 0.771. The van der Waals surface area contributed by atoms with Crippen LogP contribution in [-0.2, 0) is 11.2 Å². The maximum atomic E-state index is 6.18. The minimum absolute atomic E-state index is 0.396. The fourth-order valence-electron chi connectivity index (χ4n) is 1.82. The number of ether oxygens (including phenoxy) is 1. The van der Waals surface area contributed by atoms with Crippen LogP contribution in [-0.4, -0.2) is 26.3 Å². The van der Waals surface area contributed by atoms with Crippen LogP contribution in [0.3, 0.4) is 0 Å². The van der Waals surface area contributed by atoms with Crippen LogP contribution in [0.15, 0.2) is 18.2 Å². The van der Waals surface area contributed by atoms with Crippen molar-refractivity contribution in [2.24, 2.45) is 5.92 Å². The third kappa shape index (κ3) is 4.77. The third-order valence-electron chi connectivity index (χ3n) is 3.21. The molecule has 0 aliphatic rings. The van der Waals surface area contributed by atoms with Crippen molar-refractivity contribution in [2.45, 2.75) is 26.3 Å². The lowest BCUT2D eigenvalue weighted by Crippen LogP contribution is -2.35. The molecule has 1 rings (SSSR count). The zero-order valence-electron chi connectivity index (χ0n) is 11.2. The molecule has 2 nitrogen and oxygen atoms in total. The lowest BCUT2D eigenvalue weighted by atomic mass is 9.95. The molecule has 0 bridgehead atoms. The van der Waals surface area contributed by atoms with Gasteiger partial charge < -0.3 is 10.1 Å². The summed E-state index contributed by atoms with van der Waals surface area (Å²) in [5.74, 6) is 0.458. The van der Waals surface area contributed by atoms with Crippen LogP contribution in [0.1, 0.15) is 19.4 Å². The smallest absolute Gasteiger partial charge is 0.0587 e. The highest BCUT2D eigenvalue weighted by atomic mass is 35.5. The van der Waals surface area contributed by atoms with Crippen molar-refractivity contribution in [1.82, 2.24) is 5.32 Å². The largest absolute Gasteiger partial charge is 0.383 e. The van der Waals surface area contributed by atoms with Gasteiger partial charge >= 0.3 is 0 Å². The lowest BCUT2D eigenvalue weighted by molar-refractivity contribution is 0.192. The fraction of sp³-hybridized carbons (Fsp3) is 0.571. The maximum Gasteiger partial charge on any atom is 0.0587 e. The molecule has 0 spiro atoms. The van der Waals surface area contributed by atoms with Crippen molar-refractivity contribution in [2.75, 3.05) is 20.3 Å². The van der Waals surface area contributed by atoms with Gasteiger partial charge in [0.2, 0.25) is 0 Å². The molecule has 4 heteroatoms. The number of methoxy groups -OCH3 is 1. The van der Waals surface area contributed by atoms with E-state index in [4.69, 9.17) is 27.9 Å². The Kier molecular flexibility index (Phi) is 7.02. The van der Waals surface area contributed by atoms with Gasteiger partial charge in [0.25, 0.3) is 0 Å². The number of nitrogens with one attached hydrogen (secondary N) is 1. The van der Waals surface area contributed by atoms with Crippen LogP contribution in [0.4, 0.5) is 0 Å². The Bertz CT molecular complexity index is 351. The second-order valence-electron chi connectivity index (χ2n) is 4.62. The Morgan fingerprint density at radius 1 is 1.22 bits per heavy atom. The first-order chi connectivity index (χ1) is 8.56. The number of rotatable bonds is 7. The van der Waals surface area contributed by atoms with Gasteiger partial charge in [0, 0.05) is 29.7 Å². The molecule has 1 N–H and O–H groups in total. The number of hydrogen-bond acceptors (Lipinski definition) is 2. The fourth-order valence-corrected chi connectivity index (χ4v) is 2.37. The zero-order chi connectivity index (χ0) is 13.5. The molecule has 0 radical (unpaired) electrons. The van der Waals surface area contributed by atoms with E-state index in [1.165, 1.54) is 0 Å². The van der Waals surface area contributed by atoms with E-state index < -0.39 is 0 Å². The standard InChI is InChI=1S/C14H21Cl2NO/c1-10(11(2)17-7-8-18-3)9-12-13(15)5-4-6-14(12)16/h4-6,10-11,17H,7-9H2,1-3H3. The Morgan fingerprint density at radius 2 is 1.83 bits per heavy atom. The average Bonchev–Trinajstić information content (AvgIpc) is 2.34. The predicted molar refractivity (Wildman–Crippen MR) is 78.7 cm³/mol. The van der Waals surface area contributed by atoms with Crippen LogP contribution in [0.2, 0.25) is 10.0 Å². The first kappa shape index (κ1) is 15.8. The summed E-state index contributed by atoms with van der Waals surface area (Å²) in [7, 11) is 1.71. The van der Waals surface area contributed by atoms with Crippen molar-refractivity contribution >= 4 is 23.2 Å². The molecular weight excluding hydrogens is 269 g/mol. The van der Waals surface area contributed by atoms with E-state index in [0.29, 0.717) is 12.0 Å². The Labute approximate surface area is 120 Å². The van der Waals surface area contributed by atoms with E-state index in [1.54, 1.807) is 7.11 Å². The van der Waals surface area contributed by atoms with Gasteiger partial charge in [-0.1, -0.05) is 36.2 Å². The molecular formula is C14H21Cl2NO. The van der Waals surface area contributed by atoms with Gasteiger partial charge in [0.1, 0.15) is 0 Å². The molecule has 0 aliphatic heterocycles. The Hall–Kier alpha value is -0.280. The van der Waals surface area contributed by atoms with Crippen LogP contribution in [0, 0.1) is 5.92 Å². The van der Waals surface area contributed by atoms with Gasteiger partial charge in [0.15, 0.2) is 0 Å². The van der Waals surface area contributed by atoms with Crippen molar-refractivity contribution < 1.29 is 4.74 Å². The van der Waals surface area contributed by atoms with Gasteiger partial charge in [-0.3, -0.25) is 0 Å². The normalized spacial score (nSPS) is 14.5. The molecule has 1 aromatic rings. The second kappa shape index (κ2) is 8.00. The third-order valence-corrected chi connectivity index (χ3v) is 3.92. The first-order valence-corrected chi connectivity index (χ1v) is 6.97.